The Labute approximate surface area is 120 Å². The number of hydrogen-bond donors (Lipinski definition) is 1. The van der Waals surface area contributed by atoms with Crippen molar-refractivity contribution in [3.63, 3.8) is 0 Å². The topological polar surface area (TPSA) is 12.0 Å². The van der Waals surface area contributed by atoms with Crippen LogP contribution < -0.4 is 5.32 Å². The van der Waals surface area contributed by atoms with E-state index < -0.39 is 29.3 Å². The summed E-state index contributed by atoms with van der Waals surface area (Å²) in [4.78, 5) is 0. The molecule has 5 heteroatoms. The lowest BCUT2D eigenvalue weighted by Gasteiger charge is -2.21. The molecule has 0 aliphatic carbocycles. The summed E-state index contributed by atoms with van der Waals surface area (Å²) in [5.74, 6) is -3.35. The molecule has 112 valence electrons. The Balaban J connectivity index is 2.59. The zero-order valence-electron chi connectivity index (χ0n) is 11.7. The summed E-state index contributed by atoms with van der Waals surface area (Å²) in [6.07, 6.45) is 0. The summed E-state index contributed by atoms with van der Waals surface area (Å²) in [5.41, 5.74) is 0.0506. The van der Waals surface area contributed by atoms with E-state index in [2.05, 4.69) is 5.32 Å². The summed E-state index contributed by atoms with van der Waals surface area (Å²) in [5, 5.41) is 2.86. The molecule has 2 aromatic carbocycles. The summed E-state index contributed by atoms with van der Waals surface area (Å²) < 4.78 is 55.1. The molecule has 0 heterocycles. The van der Waals surface area contributed by atoms with Crippen LogP contribution in [0.15, 0.2) is 30.3 Å². The second-order valence-corrected chi connectivity index (χ2v) is 4.76. The van der Waals surface area contributed by atoms with Gasteiger partial charge in [0.15, 0.2) is 11.6 Å². The zero-order valence-corrected chi connectivity index (χ0v) is 11.7. The lowest BCUT2D eigenvalue weighted by atomic mass is 9.96. The summed E-state index contributed by atoms with van der Waals surface area (Å²) in [6.45, 7) is 3.56. The minimum absolute atomic E-state index is 0.0514. The fourth-order valence-electron chi connectivity index (χ4n) is 2.21. The van der Waals surface area contributed by atoms with E-state index in [1.807, 2.05) is 0 Å². The quantitative estimate of drug-likeness (QED) is 0.832. The van der Waals surface area contributed by atoms with Gasteiger partial charge in [-0.3, -0.25) is 0 Å². The Morgan fingerprint density at radius 2 is 1.67 bits per heavy atom. The van der Waals surface area contributed by atoms with Crippen molar-refractivity contribution in [3.05, 3.63) is 70.3 Å². The van der Waals surface area contributed by atoms with Crippen LogP contribution in [0.25, 0.3) is 0 Å². The highest BCUT2D eigenvalue weighted by Gasteiger charge is 2.23. The van der Waals surface area contributed by atoms with Gasteiger partial charge in [0.2, 0.25) is 0 Å². The maximum absolute atomic E-state index is 14.1. The van der Waals surface area contributed by atoms with Crippen molar-refractivity contribution in [1.29, 1.82) is 0 Å². The highest BCUT2D eigenvalue weighted by molar-refractivity contribution is 5.36. The average Bonchev–Trinajstić information content (AvgIpc) is 2.46. The van der Waals surface area contributed by atoms with Crippen LogP contribution in [-0.4, -0.2) is 6.54 Å². The minimum Gasteiger partial charge on any atom is -0.306 e. The predicted molar refractivity (Wildman–Crippen MR) is 73.0 cm³/mol. The molecule has 0 aliphatic rings. The number of benzene rings is 2. The highest BCUT2D eigenvalue weighted by Crippen LogP contribution is 2.29. The molecule has 1 nitrogen and oxygen atoms in total. The van der Waals surface area contributed by atoms with E-state index in [0.29, 0.717) is 6.54 Å². The molecule has 0 amide bonds. The molecule has 21 heavy (non-hydrogen) atoms. The van der Waals surface area contributed by atoms with Crippen molar-refractivity contribution in [2.45, 2.75) is 19.9 Å². The molecule has 0 aliphatic heterocycles. The minimum atomic E-state index is -1.05. The summed E-state index contributed by atoms with van der Waals surface area (Å²) in [6, 6.07) is 4.77. The van der Waals surface area contributed by atoms with E-state index in [4.69, 9.17) is 0 Å². The van der Waals surface area contributed by atoms with Crippen molar-refractivity contribution in [1.82, 2.24) is 5.32 Å². The van der Waals surface area contributed by atoms with Crippen molar-refractivity contribution in [3.8, 4) is 0 Å². The third-order valence-corrected chi connectivity index (χ3v) is 3.29. The zero-order chi connectivity index (χ0) is 15.6. The smallest absolute Gasteiger partial charge is 0.164 e. The first kappa shape index (κ1) is 15.5. The van der Waals surface area contributed by atoms with Gasteiger partial charge in [-0.15, -0.1) is 0 Å². The lowest BCUT2D eigenvalue weighted by molar-refractivity contribution is 0.472. The fraction of sp³-hybridized carbons (Fsp3) is 0.250. The molecular weight excluding hydrogens is 282 g/mol. The number of hydrogen-bond acceptors (Lipinski definition) is 1. The van der Waals surface area contributed by atoms with Gasteiger partial charge in [0, 0.05) is 11.1 Å². The maximum atomic E-state index is 14.1. The maximum Gasteiger partial charge on any atom is 0.164 e. The van der Waals surface area contributed by atoms with E-state index in [-0.39, 0.29) is 16.7 Å². The molecule has 0 spiro atoms. The average molecular weight is 297 g/mol. The first-order chi connectivity index (χ1) is 9.95. The van der Waals surface area contributed by atoms with Crippen molar-refractivity contribution >= 4 is 0 Å². The van der Waals surface area contributed by atoms with Crippen LogP contribution in [0.2, 0.25) is 0 Å². The van der Waals surface area contributed by atoms with Gasteiger partial charge in [0.25, 0.3) is 0 Å². The first-order valence-electron chi connectivity index (χ1n) is 6.58. The monoisotopic (exact) mass is 297 g/mol. The van der Waals surface area contributed by atoms with Crippen LogP contribution >= 0.6 is 0 Å². The number of halogens is 4. The van der Waals surface area contributed by atoms with Crippen LogP contribution in [0.3, 0.4) is 0 Å². The molecule has 0 bridgehead atoms. The van der Waals surface area contributed by atoms with Gasteiger partial charge in [-0.1, -0.05) is 19.1 Å². The second-order valence-electron chi connectivity index (χ2n) is 4.76. The Bertz CT molecular complexity index is 655. The van der Waals surface area contributed by atoms with Gasteiger partial charge < -0.3 is 5.32 Å². The van der Waals surface area contributed by atoms with Gasteiger partial charge in [0.1, 0.15) is 11.6 Å². The first-order valence-corrected chi connectivity index (χ1v) is 6.58. The van der Waals surface area contributed by atoms with E-state index in [1.54, 1.807) is 6.92 Å². The third kappa shape index (κ3) is 3.08. The molecule has 1 N–H and O–H groups in total. The van der Waals surface area contributed by atoms with E-state index >= 15 is 0 Å². The molecule has 1 unspecified atom stereocenters. The van der Waals surface area contributed by atoms with E-state index in [1.165, 1.54) is 19.1 Å². The van der Waals surface area contributed by atoms with Gasteiger partial charge in [-0.05, 0) is 37.2 Å². The second kappa shape index (κ2) is 6.26. The molecule has 1 atom stereocenters. The van der Waals surface area contributed by atoms with Crippen LogP contribution in [-0.2, 0) is 0 Å². The molecule has 0 saturated heterocycles. The van der Waals surface area contributed by atoms with Crippen molar-refractivity contribution in [2.24, 2.45) is 0 Å². The van der Waals surface area contributed by atoms with E-state index in [0.717, 1.165) is 18.2 Å². The molecule has 0 saturated carbocycles. The number of nitrogens with one attached hydrogen (secondary N) is 1. The standard InChI is InChI=1S/C16H15F4N/c1-3-21-16(12-8-10(17)5-7-13(12)18)11-6-4-9(2)14(19)15(11)20/h4-8,16,21H,3H2,1-2H3. The largest absolute Gasteiger partial charge is 0.306 e. The van der Waals surface area contributed by atoms with Gasteiger partial charge in [-0.25, -0.2) is 17.6 Å². The Morgan fingerprint density at radius 1 is 0.952 bits per heavy atom. The predicted octanol–water partition coefficient (Wildman–Crippen LogP) is 4.25. The fourth-order valence-corrected chi connectivity index (χ4v) is 2.21. The van der Waals surface area contributed by atoms with Crippen LogP contribution in [0.4, 0.5) is 17.6 Å². The van der Waals surface area contributed by atoms with Crippen molar-refractivity contribution in [2.75, 3.05) is 6.54 Å². The highest BCUT2D eigenvalue weighted by atomic mass is 19.2. The van der Waals surface area contributed by atoms with Crippen molar-refractivity contribution < 1.29 is 17.6 Å². The van der Waals surface area contributed by atoms with Crippen LogP contribution in [0, 0.1) is 30.2 Å². The molecule has 2 rings (SSSR count). The lowest BCUT2D eigenvalue weighted by Crippen LogP contribution is -2.24. The van der Waals surface area contributed by atoms with Crippen LogP contribution in [0.1, 0.15) is 29.7 Å². The Kier molecular flexibility index (Phi) is 4.63. The Hall–Kier alpha value is -1.88. The molecule has 0 fully saturated rings. The van der Waals surface area contributed by atoms with Gasteiger partial charge >= 0.3 is 0 Å². The normalized spacial score (nSPS) is 12.5. The molecule has 0 radical (unpaired) electrons. The number of aryl methyl sites for hydroxylation is 1. The molecule has 0 aromatic heterocycles. The Morgan fingerprint density at radius 3 is 2.33 bits per heavy atom. The number of rotatable bonds is 4. The van der Waals surface area contributed by atoms with Gasteiger partial charge in [0.05, 0.1) is 6.04 Å². The van der Waals surface area contributed by atoms with Gasteiger partial charge in [-0.2, -0.15) is 0 Å². The molecular formula is C16H15F4N. The summed E-state index contributed by atoms with van der Waals surface area (Å²) >= 11 is 0. The summed E-state index contributed by atoms with van der Waals surface area (Å²) in [7, 11) is 0. The SMILES string of the molecule is CCNC(c1cc(F)ccc1F)c1ccc(C)c(F)c1F. The van der Waals surface area contributed by atoms with E-state index in [9.17, 15) is 17.6 Å². The van der Waals surface area contributed by atoms with Crippen LogP contribution in [0.5, 0.6) is 0 Å². The molecule has 2 aromatic rings. The third-order valence-electron chi connectivity index (χ3n) is 3.29.